The first-order chi connectivity index (χ1) is 19.4. The Bertz CT molecular complexity index is 1330. The second kappa shape index (κ2) is 11.8. The van der Waals surface area contributed by atoms with Crippen LogP contribution in [0.1, 0.15) is 77.4 Å². The van der Waals surface area contributed by atoms with Crippen LogP contribution in [-0.4, -0.2) is 23.3 Å². The predicted octanol–water partition coefficient (Wildman–Crippen LogP) is 8.60. The number of rotatable bonds is 9. The molecule has 2 aliphatic rings. The smallest absolute Gasteiger partial charge is 0.371 e. The first kappa shape index (κ1) is 29.7. The number of fused-ring (bicyclic) bond motifs is 1. The Morgan fingerprint density at radius 2 is 1.44 bits per heavy atom. The highest BCUT2D eigenvalue weighted by Crippen LogP contribution is 2.38. The lowest BCUT2D eigenvalue weighted by molar-refractivity contribution is -0.143. The quantitative estimate of drug-likeness (QED) is 0.232. The molecule has 0 spiro atoms. The van der Waals surface area contributed by atoms with Gasteiger partial charge in [-0.1, -0.05) is 30.2 Å². The Kier molecular flexibility index (Phi) is 8.55. The van der Waals surface area contributed by atoms with Crippen molar-refractivity contribution >= 4 is 22.2 Å². The number of anilines is 2. The maximum absolute atomic E-state index is 13.6. The summed E-state index contributed by atoms with van der Waals surface area (Å²) in [5.41, 5.74) is 1.95. The number of aryl methyl sites for hydroxylation is 3. The molecule has 41 heavy (non-hydrogen) atoms. The van der Waals surface area contributed by atoms with Crippen molar-refractivity contribution in [3.05, 3.63) is 68.7 Å². The molecule has 4 nitrogen and oxygen atoms in total. The SMILES string of the molecule is CCN(CC1CCCC1)c1cc2c(cc1CN(Cc1cc(C(F)(F)F)cc(C(F)(F)F)c1)c1nnc(C)s1)CCC2. The van der Waals surface area contributed by atoms with Gasteiger partial charge in [0.1, 0.15) is 5.01 Å². The number of halogens is 6. The number of aromatic nitrogens is 2. The molecule has 0 saturated heterocycles. The van der Waals surface area contributed by atoms with Crippen LogP contribution in [0.25, 0.3) is 0 Å². The molecule has 3 aromatic rings. The Morgan fingerprint density at radius 3 is 2.00 bits per heavy atom. The fourth-order valence-corrected chi connectivity index (χ4v) is 6.81. The lowest BCUT2D eigenvalue weighted by atomic mass is 10.0. The van der Waals surface area contributed by atoms with Crippen LogP contribution in [0.4, 0.5) is 37.2 Å². The first-order valence-corrected chi connectivity index (χ1v) is 15.0. The second-order valence-electron chi connectivity index (χ2n) is 11.2. The third kappa shape index (κ3) is 6.98. The molecule has 2 aliphatic carbocycles. The van der Waals surface area contributed by atoms with E-state index in [1.165, 1.54) is 48.1 Å². The van der Waals surface area contributed by atoms with E-state index in [4.69, 9.17) is 0 Å². The van der Waals surface area contributed by atoms with Crippen LogP contribution < -0.4 is 9.80 Å². The molecular weight excluding hydrogens is 562 g/mol. The van der Waals surface area contributed by atoms with Crippen LogP contribution in [-0.2, 0) is 38.3 Å². The molecule has 0 atom stereocenters. The lowest BCUT2D eigenvalue weighted by Gasteiger charge is -2.31. The average Bonchev–Trinajstić information content (AvgIpc) is 3.67. The molecule has 1 fully saturated rings. The van der Waals surface area contributed by atoms with Crippen LogP contribution in [0.5, 0.6) is 0 Å². The Balaban J connectivity index is 1.54. The molecule has 11 heteroatoms. The van der Waals surface area contributed by atoms with Crippen molar-refractivity contribution in [2.45, 2.75) is 84.2 Å². The molecule has 1 heterocycles. The topological polar surface area (TPSA) is 32.3 Å². The van der Waals surface area contributed by atoms with Crippen molar-refractivity contribution < 1.29 is 26.3 Å². The summed E-state index contributed by atoms with van der Waals surface area (Å²) in [6.07, 6.45) is -1.92. The largest absolute Gasteiger partial charge is 0.416 e. The normalized spacial score (nSPS) is 15.9. The number of hydrogen-bond acceptors (Lipinski definition) is 5. The van der Waals surface area contributed by atoms with Crippen LogP contribution in [0.3, 0.4) is 0 Å². The van der Waals surface area contributed by atoms with E-state index in [1.807, 2.05) is 0 Å². The van der Waals surface area contributed by atoms with Gasteiger partial charge in [-0.2, -0.15) is 26.3 Å². The molecule has 5 rings (SSSR count). The number of hydrogen-bond donors (Lipinski definition) is 0. The standard InChI is InChI=1S/C30H34F6N4S/c1-3-39(16-20-7-4-5-8-20)27-14-23-10-6-9-22(23)13-24(27)18-40(28-38-37-19(2)41-28)17-21-11-25(29(31,32)33)15-26(12-21)30(34,35)36/h11-15,20H,3-10,16-18H2,1-2H3. The Morgan fingerprint density at radius 1 is 0.805 bits per heavy atom. The zero-order chi connectivity index (χ0) is 29.4. The van der Waals surface area contributed by atoms with E-state index in [0.717, 1.165) is 55.7 Å². The summed E-state index contributed by atoms with van der Waals surface area (Å²) in [6.45, 7) is 5.75. The fourth-order valence-electron chi connectivity index (χ4n) is 6.13. The van der Waals surface area contributed by atoms with E-state index in [-0.39, 0.29) is 24.7 Å². The molecule has 1 saturated carbocycles. The monoisotopic (exact) mass is 596 g/mol. The van der Waals surface area contributed by atoms with Gasteiger partial charge in [-0.25, -0.2) is 0 Å². The zero-order valence-electron chi connectivity index (χ0n) is 23.2. The first-order valence-electron chi connectivity index (χ1n) is 14.1. The molecule has 0 amide bonds. The molecule has 2 aromatic carbocycles. The molecule has 0 aliphatic heterocycles. The van der Waals surface area contributed by atoms with Crippen molar-refractivity contribution in [2.75, 3.05) is 22.9 Å². The molecule has 1 aromatic heterocycles. The summed E-state index contributed by atoms with van der Waals surface area (Å²) in [5, 5.41) is 9.45. The summed E-state index contributed by atoms with van der Waals surface area (Å²) >= 11 is 1.27. The molecule has 222 valence electrons. The van der Waals surface area contributed by atoms with Gasteiger partial charge in [-0.05, 0) is 98.4 Å². The van der Waals surface area contributed by atoms with Crippen LogP contribution in [0.15, 0.2) is 30.3 Å². The van der Waals surface area contributed by atoms with Gasteiger partial charge in [0.15, 0.2) is 0 Å². The Hall–Kier alpha value is -2.82. The van der Waals surface area contributed by atoms with Crippen molar-refractivity contribution in [1.82, 2.24) is 10.2 Å². The zero-order valence-corrected chi connectivity index (χ0v) is 24.0. The molecular formula is C30H34F6N4S. The highest BCUT2D eigenvalue weighted by Gasteiger charge is 2.37. The maximum Gasteiger partial charge on any atom is 0.416 e. The van der Waals surface area contributed by atoms with Crippen molar-refractivity contribution in [2.24, 2.45) is 5.92 Å². The third-order valence-corrected chi connectivity index (χ3v) is 9.04. The minimum atomic E-state index is -4.91. The van der Waals surface area contributed by atoms with Gasteiger partial charge in [-0.15, -0.1) is 10.2 Å². The van der Waals surface area contributed by atoms with Gasteiger partial charge in [-0.3, -0.25) is 0 Å². The molecule has 0 N–H and O–H groups in total. The highest BCUT2D eigenvalue weighted by molar-refractivity contribution is 7.15. The van der Waals surface area contributed by atoms with Crippen LogP contribution in [0.2, 0.25) is 0 Å². The van der Waals surface area contributed by atoms with E-state index in [2.05, 4.69) is 34.2 Å². The van der Waals surface area contributed by atoms with Gasteiger partial charge >= 0.3 is 12.4 Å². The number of alkyl halides is 6. The highest BCUT2D eigenvalue weighted by atomic mass is 32.1. The lowest BCUT2D eigenvalue weighted by Crippen LogP contribution is -2.31. The average molecular weight is 597 g/mol. The van der Waals surface area contributed by atoms with E-state index in [1.54, 1.807) is 11.8 Å². The van der Waals surface area contributed by atoms with E-state index >= 15 is 0 Å². The predicted molar refractivity (Wildman–Crippen MR) is 149 cm³/mol. The number of benzene rings is 2. The van der Waals surface area contributed by atoms with E-state index in [0.29, 0.717) is 16.1 Å². The summed E-state index contributed by atoms with van der Waals surface area (Å²) in [7, 11) is 0. The molecule has 0 unspecified atom stereocenters. The summed E-state index contributed by atoms with van der Waals surface area (Å²) in [5.74, 6) is 0.615. The van der Waals surface area contributed by atoms with Gasteiger partial charge in [0.25, 0.3) is 0 Å². The van der Waals surface area contributed by atoms with Gasteiger partial charge < -0.3 is 9.80 Å². The van der Waals surface area contributed by atoms with Crippen molar-refractivity contribution in [3.63, 3.8) is 0 Å². The third-order valence-electron chi connectivity index (χ3n) is 8.14. The minimum Gasteiger partial charge on any atom is -0.371 e. The summed E-state index contributed by atoms with van der Waals surface area (Å²) < 4.78 is 81.7. The van der Waals surface area contributed by atoms with Crippen molar-refractivity contribution in [1.29, 1.82) is 0 Å². The molecule has 0 bridgehead atoms. The number of nitrogens with zero attached hydrogens (tertiary/aromatic N) is 4. The fraction of sp³-hybridized carbons (Fsp3) is 0.533. The van der Waals surface area contributed by atoms with E-state index in [9.17, 15) is 26.3 Å². The van der Waals surface area contributed by atoms with Gasteiger partial charge in [0.2, 0.25) is 5.13 Å². The van der Waals surface area contributed by atoms with Gasteiger partial charge in [0.05, 0.1) is 11.1 Å². The minimum absolute atomic E-state index is 0.0824. The van der Waals surface area contributed by atoms with E-state index < -0.39 is 23.5 Å². The van der Waals surface area contributed by atoms with Crippen LogP contribution in [0, 0.1) is 12.8 Å². The van der Waals surface area contributed by atoms with Gasteiger partial charge in [0, 0.05) is 31.9 Å². The van der Waals surface area contributed by atoms with Crippen molar-refractivity contribution in [3.8, 4) is 0 Å². The molecule has 0 radical (unpaired) electrons. The van der Waals surface area contributed by atoms with Crippen LogP contribution >= 0.6 is 11.3 Å². The maximum atomic E-state index is 13.6. The summed E-state index contributed by atoms with van der Waals surface area (Å²) in [4.78, 5) is 4.14. The Labute approximate surface area is 240 Å². The summed E-state index contributed by atoms with van der Waals surface area (Å²) in [6, 6.07) is 6.22. The second-order valence-corrected chi connectivity index (χ2v) is 12.3.